The Kier molecular flexibility index (Phi) is 5.09. The number of hydrogen-bond acceptors (Lipinski definition) is 5. The summed E-state index contributed by atoms with van der Waals surface area (Å²) in [6, 6.07) is 21.6. The number of carboxylic acid groups (broad SMARTS) is 1. The monoisotopic (exact) mass is 429 g/mol. The van der Waals surface area contributed by atoms with Crippen molar-refractivity contribution in [3.8, 4) is 5.75 Å². The van der Waals surface area contributed by atoms with Gasteiger partial charge >= 0.3 is 5.97 Å². The molecular formula is C24H19N3O3S. The summed E-state index contributed by atoms with van der Waals surface area (Å²) >= 11 is 1.16. The van der Waals surface area contributed by atoms with Gasteiger partial charge in [0.1, 0.15) is 23.4 Å². The predicted molar refractivity (Wildman–Crippen MR) is 121 cm³/mol. The lowest BCUT2D eigenvalue weighted by molar-refractivity contribution is -0.137. The maximum absolute atomic E-state index is 11.6. The van der Waals surface area contributed by atoms with Gasteiger partial charge in [-0.1, -0.05) is 36.4 Å². The Morgan fingerprint density at radius 2 is 1.87 bits per heavy atom. The van der Waals surface area contributed by atoms with Crippen LogP contribution in [0.25, 0.3) is 21.9 Å². The number of carboxylic acids is 1. The van der Waals surface area contributed by atoms with Crippen LogP contribution in [0.1, 0.15) is 29.0 Å². The third-order valence-electron chi connectivity index (χ3n) is 5.37. The standard InChI is InChI=1S/C24H19N3O3S/c28-24(29)12-19(16-6-9-21-23(10-16)27-31-26-21)20-13-25-22-11-17(7-8-18(20)22)30-14-15-4-2-1-3-5-15/h1-11,13,19,25H,12,14H2,(H,28,29). The van der Waals surface area contributed by atoms with Crippen molar-refractivity contribution in [1.82, 2.24) is 13.7 Å². The highest BCUT2D eigenvalue weighted by Crippen LogP contribution is 2.35. The van der Waals surface area contributed by atoms with E-state index in [0.717, 1.165) is 56.1 Å². The molecule has 6 nitrogen and oxygen atoms in total. The summed E-state index contributed by atoms with van der Waals surface area (Å²) in [6.45, 7) is 0.489. The van der Waals surface area contributed by atoms with E-state index in [1.165, 1.54) is 0 Å². The van der Waals surface area contributed by atoms with Crippen molar-refractivity contribution in [3.05, 3.63) is 89.6 Å². The minimum Gasteiger partial charge on any atom is -0.489 e. The summed E-state index contributed by atoms with van der Waals surface area (Å²) in [7, 11) is 0. The second kappa shape index (κ2) is 8.20. The summed E-state index contributed by atoms with van der Waals surface area (Å²) in [5, 5.41) is 10.5. The summed E-state index contributed by atoms with van der Waals surface area (Å²) in [5.41, 5.74) is 5.47. The van der Waals surface area contributed by atoms with Crippen LogP contribution in [-0.4, -0.2) is 24.8 Å². The molecule has 0 spiro atoms. The number of carbonyl (C=O) groups is 1. The van der Waals surface area contributed by atoms with Gasteiger partial charge in [-0.2, -0.15) is 8.75 Å². The lowest BCUT2D eigenvalue weighted by atomic mass is 9.88. The lowest BCUT2D eigenvalue weighted by Gasteiger charge is -2.15. The maximum atomic E-state index is 11.6. The smallest absolute Gasteiger partial charge is 0.304 e. The van der Waals surface area contributed by atoms with E-state index in [0.29, 0.717) is 6.61 Å². The molecule has 2 aromatic heterocycles. The van der Waals surface area contributed by atoms with Crippen molar-refractivity contribution in [3.63, 3.8) is 0 Å². The zero-order chi connectivity index (χ0) is 21.2. The van der Waals surface area contributed by atoms with E-state index < -0.39 is 5.97 Å². The van der Waals surface area contributed by atoms with Crippen LogP contribution in [0, 0.1) is 0 Å². The van der Waals surface area contributed by atoms with E-state index in [-0.39, 0.29) is 12.3 Å². The Morgan fingerprint density at radius 3 is 2.71 bits per heavy atom. The van der Waals surface area contributed by atoms with Crippen molar-refractivity contribution in [2.45, 2.75) is 18.9 Å². The van der Waals surface area contributed by atoms with E-state index >= 15 is 0 Å². The van der Waals surface area contributed by atoms with Gasteiger partial charge in [0.2, 0.25) is 0 Å². The van der Waals surface area contributed by atoms with Gasteiger partial charge in [-0.05, 0) is 41.0 Å². The quantitative estimate of drug-likeness (QED) is 0.364. The molecule has 0 aliphatic heterocycles. The Balaban J connectivity index is 1.47. The molecule has 0 aliphatic carbocycles. The molecule has 1 atom stereocenters. The molecule has 7 heteroatoms. The number of benzene rings is 3. The summed E-state index contributed by atoms with van der Waals surface area (Å²) in [4.78, 5) is 14.9. The number of nitrogens with zero attached hydrogens (tertiary/aromatic N) is 2. The first-order valence-corrected chi connectivity index (χ1v) is 10.6. The number of aliphatic carboxylic acids is 1. The van der Waals surface area contributed by atoms with Crippen LogP contribution in [0.4, 0.5) is 0 Å². The fourth-order valence-electron chi connectivity index (χ4n) is 3.84. The molecule has 2 heterocycles. The Morgan fingerprint density at radius 1 is 1.03 bits per heavy atom. The van der Waals surface area contributed by atoms with Gasteiger partial charge in [-0.3, -0.25) is 4.79 Å². The average Bonchev–Trinajstić information content (AvgIpc) is 3.42. The minimum absolute atomic E-state index is 0.0116. The molecule has 0 saturated heterocycles. The molecule has 0 radical (unpaired) electrons. The van der Waals surface area contributed by atoms with Crippen LogP contribution < -0.4 is 4.74 Å². The fraction of sp³-hybridized carbons (Fsp3) is 0.125. The second-order valence-corrected chi connectivity index (χ2v) is 7.92. The van der Waals surface area contributed by atoms with E-state index in [9.17, 15) is 9.90 Å². The van der Waals surface area contributed by atoms with Crippen LogP contribution in [-0.2, 0) is 11.4 Å². The molecule has 0 amide bonds. The highest BCUT2D eigenvalue weighted by atomic mass is 32.1. The van der Waals surface area contributed by atoms with E-state index in [2.05, 4.69) is 13.7 Å². The first-order valence-electron chi connectivity index (χ1n) is 9.89. The Hall–Kier alpha value is -3.71. The van der Waals surface area contributed by atoms with Gasteiger partial charge in [0.15, 0.2) is 0 Å². The molecule has 0 fully saturated rings. The summed E-state index contributed by atoms with van der Waals surface area (Å²) in [5.74, 6) is -0.387. The molecule has 5 rings (SSSR count). The summed E-state index contributed by atoms with van der Waals surface area (Å²) in [6.07, 6.45) is 1.88. The number of H-pyrrole nitrogens is 1. The number of ether oxygens (including phenoxy) is 1. The molecular weight excluding hydrogens is 410 g/mol. The lowest BCUT2D eigenvalue weighted by Crippen LogP contribution is -2.07. The predicted octanol–water partition coefficient (Wildman–Crippen LogP) is 5.36. The largest absolute Gasteiger partial charge is 0.489 e. The van der Waals surface area contributed by atoms with Crippen molar-refractivity contribution >= 4 is 39.6 Å². The van der Waals surface area contributed by atoms with Gasteiger partial charge in [-0.25, -0.2) is 0 Å². The number of aromatic nitrogens is 3. The zero-order valence-electron chi connectivity index (χ0n) is 16.5. The van der Waals surface area contributed by atoms with E-state index in [1.807, 2.05) is 72.9 Å². The fourth-order valence-corrected chi connectivity index (χ4v) is 4.36. The third kappa shape index (κ3) is 4.00. The van der Waals surface area contributed by atoms with Crippen LogP contribution in [0.3, 0.4) is 0 Å². The topological polar surface area (TPSA) is 88.1 Å². The van der Waals surface area contributed by atoms with E-state index in [1.54, 1.807) is 0 Å². The van der Waals surface area contributed by atoms with Gasteiger partial charge in [0.25, 0.3) is 0 Å². The van der Waals surface area contributed by atoms with Crippen molar-refractivity contribution in [1.29, 1.82) is 0 Å². The molecule has 31 heavy (non-hydrogen) atoms. The van der Waals surface area contributed by atoms with Crippen molar-refractivity contribution in [2.75, 3.05) is 0 Å². The first kappa shape index (κ1) is 19.3. The normalized spacial score (nSPS) is 12.3. The zero-order valence-corrected chi connectivity index (χ0v) is 17.3. The number of fused-ring (bicyclic) bond motifs is 2. The highest BCUT2D eigenvalue weighted by Gasteiger charge is 2.22. The van der Waals surface area contributed by atoms with Crippen LogP contribution >= 0.6 is 11.7 Å². The second-order valence-electron chi connectivity index (χ2n) is 7.39. The van der Waals surface area contributed by atoms with Crippen LogP contribution in [0.5, 0.6) is 5.75 Å². The van der Waals surface area contributed by atoms with Gasteiger partial charge in [0.05, 0.1) is 18.1 Å². The van der Waals surface area contributed by atoms with Crippen molar-refractivity contribution < 1.29 is 14.6 Å². The van der Waals surface area contributed by atoms with Gasteiger partial charge in [0, 0.05) is 29.1 Å². The highest BCUT2D eigenvalue weighted by molar-refractivity contribution is 7.00. The van der Waals surface area contributed by atoms with E-state index in [4.69, 9.17) is 4.74 Å². The summed E-state index contributed by atoms with van der Waals surface area (Å²) < 4.78 is 14.5. The van der Waals surface area contributed by atoms with Gasteiger partial charge in [-0.15, -0.1) is 0 Å². The number of aromatic amines is 1. The molecule has 0 aliphatic rings. The number of rotatable bonds is 7. The molecule has 154 valence electrons. The number of nitrogens with one attached hydrogen (secondary N) is 1. The number of hydrogen-bond donors (Lipinski definition) is 2. The van der Waals surface area contributed by atoms with Gasteiger partial charge < -0.3 is 14.8 Å². The maximum Gasteiger partial charge on any atom is 0.304 e. The van der Waals surface area contributed by atoms with Crippen LogP contribution in [0.15, 0.2) is 72.9 Å². The van der Waals surface area contributed by atoms with Crippen LogP contribution in [0.2, 0.25) is 0 Å². The van der Waals surface area contributed by atoms with Crippen molar-refractivity contribution in [2.24, 2.45) is 0 Å². The SMILES string of the molecule is O=C(O)CC(c1ccc2nsnc2c1)c1c[nH]c2cc(OCc3ccccc3)ccc12. The Labute approximate surface area is 182 Å². The first-order chi connectivity index (χ1) is 15.2. The minimum atomic E-state index is -0.848. The molecule has 0 saturated carbocycles. The average molecular weight is 430 g/mol. The molecule has 1 unspecified atom stereocenters. The Bertz CT molecular complexity index is 1360. The third-order valence-corrected chi connectivity index (χ3v) is 5.92. The molecule has 5 aromatic rings. The molecule has 0 bridgehead atoms. The molecule has 3 aromatic carbocycles. The molecule has 2 N–H and O–H groups in total.